The topological polar surface area (TPSA) is 50.0 Å². The third-order valence-electron chi connectivity index (χ3n) is 6.00. The van der Waals surface area contributed by atoms with Gasteiger partial charge < -0.3 is 0 Å². The second-order valence-electron chi connectivity index (χ2n) is 7.95. The van der Waals surface area contributed by atoms with Gasteiger partial charge in [0.2, 0.25) is 0 Å². The zero-order valence-corrected chi connectivity index (χ0v) is 17.4. The van der Waals surface area contributed by atoms with Gasteiger partial charge in [0.05, 0.1) is 11.7 Å². The summed E-state index contributed by atoms with van der Waals surface area (Å²) in [5, 5.41) is 7.46. The van der Waals surface area contributed by atoms with Gasteiger partial charge in [-0.05, 0) is 50.5 Å². The lowest BCUT2D eigenvalue weighted by atomic mass is 9.90. The van der Waals surface area contributed by atoms with Crippen LogP contribution in [0.1, 0.15) is 17.5 Å². The van der Waals surface area contributed by atoms with E-state index in [1.165, 1.54) is 32.3 Å². The molecule has 4 aromatic carbocycles. The van der Waals surface area contributed by atoms with E-state index in [9.17, 15) is 0 Å². The van der Waals surface area contributed by atoms with Crippen LogP contribution in [0.4, 0.5) is 5.69 Å². The number of aliphatic imine (C=N–C) groups is 3. The first kappa shape index (κ1) is 18.6. The van der Waals surface area contributed by atoms with Crippen LogP contribution in [0.15, 0.2) is 100 Å². The van der Waals surface area contributed by atoms with Crippen molar-refractivity contribution in [3.63, 3.8) is 0 Å². The van der Waals surface area contributed by atoms with Gasteiger partial charge in [-0.15, -0.1) is 0 Å². The molecular formula is C28H20N4. The smallest absolute Gasteiger partial charge is 0.0747 e. The molecule has 2 heterocycles. The molecule has 0 saturated heterocycles. The summed E-state index contributed by atoms with van der Waals surface area (Å²) < 4.78 is 0. The Morgan fingerprint density at radius 3 is 2.06 bits per heavy atom. The minimum Gasteiger partial charge on any atom is -0.285 e. The molecule has 1 aliphatic heterocycles. The summed E-state index contributed by atoms with van der Waals surface area (Å²) in [6.45, 7) is 0. The van der Waals surface area contributed by atoms with E-state index < -0.39 is 0 Å². The molecule has 1 aromatic heterocycles. The van der Waals surface area contributed by atoms with Crippen LogP contribution in [0.3, 0.4) is 0 Å². The maximum Gasteiger partial charge on any atom is 0.0747 e. The van der Waals surface area contributed by atoms with Gasteiger partial charge in [-0.25, -0.2) is 0 Å². The Hall–Kier alpha value is -4.18. The van der Waals surface area contributed by atoms with Gasteiger partial charge in [-0.1, -0.05) is 48.5 Å². The maximum absolute atomic E-state index is 4.79. The van der Waals surface area contributed by atoms with E-state index in [-0.39, 0.29) is 6.04 Å². The Bertz CT molecular complexity index is 1540. The SMILES string of the molecule is C1=CC(N=Cc2ccc3ccc4c(C=Nc5ccncc5)ccc5ccc2c3c54)CC=N1. The summed E-state index contributed by atoms with van der Waals surface area (Å²) in [6, 6.07) is 21.5. The first-order valence-corrected chi connectivity index (χ1v) is 10.7. The number of aromatic nitrogens is 1. The van der Waals surface area contributed by atoms with E-state index in [1.54, 1.807) is 12.4 Å². The normalized spacial score (nSPS) is 16.4. The predicted octanol–water partition coefficient (Wildman–Crippen LogP) is 6.51. The lowest BCUT2D eigenvalue weighted by Gasteiger charge is -2.14. The maximum atomic E-state index is 4.79. The summed E-state index contributed by atoms with van der Waals surface area (Å²) in [7, 11) is 0. The lowest BCUT2D eigenvalue weighted by molar-refractivity contribution is 0.862. The average molecular weight is 412 g/mol. The van der Waals surface area contributed by atoms with Crippen LogP contribution < -0.4 is 0 Å². The fraction of sp³-hybridized carbons (Fsp3) is 0.0714. The second-order valence-corrected chi connectivity index (χ2v) is 7.95. The molecule has 152 valence electrons. The average Bonchev–Trinajstić information content (AvgIpc) is 2.86. The van der Waals surface area contributed by atoms with E-state index >= 15 is 0 Å². The number of pyridine rings is 1. The highest BCUT2D eigenvalue weighted by atomic mass is 14.8. The van der Waals surface area contributed by atoms with Gasteiger partial charge in [-0.2, -0.15) is 0 Å². The first-order chi connectivity index (χ1) is 15.9. The molecule has 1 unspecified atom stereocenters. The largest absolute Gasteiger partial charge is 0.285 e. The van der Waals surface area contributed by atoms with Crippen molar-refractivity contribution in [3.8, 4) is 0 Å². The van der Waals surface area contributed by atoms with Crippen LogP contribution in [-0.2, 0) is 0 Å². The fourth-order valence-electron chi connectivity index (χ4n) is 4.39. The van der Waals surface area contributed by atoms with Gasteiger partial charge in [0.1, 0.15) is 0 Å². The molecule has 32 heavy (non-hydrogen) atoms. The van der Waals surface area contributed by atoms with Gasteiger partial charge in [-0.3, -0.25) is 20.0 Å². The van der Waals surface area contributed by atoms with Crippen molar-refractivity contribution < 1.29 is 0 Å². The second kappa shape index (κ2) is 7.82. The van der Waals surface area contributed by atoms with Crippen molar-refractivity contribution >= 4 is 56.6 Å². The monoisotopic (exact) mass is 412 g/mol. The van der Waals surface area contributed by atoms with E-state index in [0.29, 0.717) is 0 Å². The number of hydrogen-bond donors (Lipinski definition) is 0. The van der Waals surface area contributed by atoms with E-state index in [0.717, 1.165) is 23.2 Å². The number of hydrogen-bond acceptors (Lipinski definition) is 4. The highest BCUT2D eigenvalue weighted by Gasteiger charge is 2.12. The molecule has 0 amide bonds. The Balaban J connectivity index is 1.50. The van der Waals surface area contributed by atoms with Gasteiger partial charge in [0.25, 0.3) is 0 Å². The molecule has 0 saturated carbocycles. The summed E-state index contributed by atoms with van der Waals surface area (Å²) in [6.07, 6.45) is 14.1. The molecule has 0 bridgehead atoms. The molecule has 1 atom stereocenters. The molecule has 4 nitrogen and oxygen atoms in total. The minimum atomic E-state index is 0.155. The van der Waals surface area contributed by atoms with E-state index in [1.807, 2.05) is 43.1 Å². The molecule has 4 heteroatoms. The van der Waals surface area contributed by atoms with Crippen LogP contribution in [0.2, 0.25) is 0 Å². The molecule has 0 N–H and O–H groups in total. The molecule has 5 aromatic rings. The zero-order valence-electron chi connectivity index (χ0n) is 17.4. The molecule has 6 rings (SSSR count). The number of benzene rings is 4. The Labute approximate surface area is 185 Å². The molecular weight excluding hydrogens is 392 g/mol. The van der Waals surface area contributed by atoms with E-state index in [2.05, 4.69) is 63.5 Å². The summed E-state index contributed by atoms with van der Waals surface area (Å²) in [4.78, 5) is 17.6. The fourth-order valence-corrected chi connectivity index (χ4v) is 4.39. The third-order valence-corrected chi connectivity index (χ3v) is 6.00. The Kier molecular flexibility index (Phi) is 4.54. The molecule has 0 radical (unpaired) electrons. The van der Waals surface area contributed by atoms with Crippen molar-refractivity contribution in [3.05, 3.63) is 96.5 Å². The predicted molar refractivity (Wildman–Crippen MR) is 135 cm³/mol. The van der Waals surface area contributed by atoms with Gasteiger partial charge in [0, 0.05) is 54.8 Å². The van der Waals surface area contributed by atoms with Crippen LogP contribution in [0.25, 0.3) is 32.3 Å². The summed E-state index contributed by atoms with van der Waals surface area (Å²) in [5.41, 5.74) is 3.14. The first-order valence-electron chi connectivity index (χ1n) is 10.7. The Morgan fingerprint density at radius 1 is 0.750 bits per heavy atom. The molecule has 0 fully saturated rings. The van der Waals surface area contributed by atoms with Crippen LogP contribution in [0, 0.1) is 0 Å². The highest BCUT2D eigenvalue weighted by molar-refractivity contribution is 6.27. The third kappa shape index (κ3) is 3.26. The summed E-state index contributed by atoms with van der Waals surface area (Å²) >= 11 is 0. The van der Waals surface area contributed by atoms with Crippen LogP contribution in [-0.4, -0.2) is 29.7 Å². The standard InChI is InChI=1S/C28H20N4/c1-3-21(17-31-23-9-13-29-14-10-23)25-8-6-20-2-4-22(18-32-24-11-15-30-16-12-24)26-7-5-19(1)27(25)28(20)26/h1-11,13-18,24H,12H2. The van der Waals surface area contributed by atoms with Crippen molar-refractivity contribution in [1.82, 2.24) is 4.98 Å². The van der Waals surface area contributed by atoms with E-state index in [4.69, 9.17) is 4.99 Å². The van der Waals surface area contributed by atoms with Crippen molar-refractivity contribution in [2.24, 2.45) is 15.0 Å². The van der Waals surface area contributed by atoms with Crippen molar-refractivity contribution in [2.45, 2.75) is 12.5 Å². The highest BCUT2D eigenvalue weighted by Crippen LogP contribution is 2.37. The zero-order chi connectivity index (χ0) is 21.3. The van der Waals surface area contributed by atoms with Crippen LogP contribution in [0.5, 0.6) is 0 Å². The minimum absolute atomic E-state index is 0.155. The Morgan fingerprint density at radius 2 is 1.41 bits per heavy atom. The lowest BCUT2D eigenvalue weighted by Crippen LogP contribution is -2.04. The van der Waals surface area contributed by atoms with Gasteiger partial charge in [0.15, 0.2) is 0 Å². The molecule has 1 aliphatic rings. The molecule has 0 aliphatic carbocycles. The van der Waals surface area contributed by atoms with Crippen molar-refractivity contribution in [1.29, 1.82) is 0 Å². The van der Waals surface area contributed by atoms with Crippen LogP contribution >= 0.6 is 0 Å². The quantitative estimate of drug-likeness (QED) is 0.245. The number of nitrogens with zero attached hydrogens (tertiary/aromatic N) is 4. The van der Waals surface area contributed by atoms with Gasteiger partial charge >= 0.3 is 0 Å². The summed E-state index contributed by atoms with van der Waals surface area (Å²) in [5.74, 6) is 0. The van der Waals surface area contributed by atoms with Crippen molar-refractivity contribution in [2.75, 3.05) is 0 Å². The number of rotatable bonds is 4. The molecule has 0 spiro atoms.